The number of ether oxygens (including phenoxy) is 5. The van der Waals surface area contributed by atoms with Crippen molar-refractivity contribution < 1.29 is 66.8 Å². The van der Waals surface area contributed by atoms with Crippen LogP contribution in [0.5, 0.6) is 5.75 Å². The van der Waals surface area contributed by atoms with Gasteiger partial charge in [0.25, 0.3) is 0 Å². The fourth-order valence-electron chi connectivity index (χ4n) is 11.8. The van der Waals surface area contributed by atoms with E-state index >= 15 is 14.4 Å². The Bertz CT molecular complexity index is 3760. The Morgan fingerprint density at radius 2 is 0.922 bits per heavy atom. The molecule has 552 valence electrons. The normalized spacial score (nSPS) is 14.3. The van der Waals surface area contributed by atoms with Crippen molar-refractivity contribution in [2.45, 2.75) is 185 Å². The molecule has 7 atom stereocenters. The number of nitrogens with two attached hydrogens (primary N) is 1. The average molecular weight is 1430 g/mol. The van der Waals surface area contributed by atoms with E-state index in [2.05, 4.69) is 37.2 Å². The van der Waals surface area contributed by atoms with E-state index in [1.165, 1.54) is 11.8 Å². The van der Waals surface area contributed by atoms with Gasteiger partial charge in [0.1, 0.15) is 59.8 Å². The number of carbonyl (C=O) groups is 9. The number of rotatable bonds is 34. The molecule has 103 heavy (non-hydrogen) atoms. The summed E-state index contributed by atoms with van der Waals surface area (Å²) in [5.41, 5.74) is 9.84. The third-order valence-corrected chi connectivity index (χ3v) is 18.3. The number of alkyl carbamates (subject to hydrolysis) is 1. The van der Waals surface area contributed by atoms with Crippen LogP contribution in [0.15, 0.2) is 164 Å². The van der Waals surface area contributed by atoms with E-state index in [0.29, 0.717) is 11.3 Å². The van der Waals surface area contributed by atoms with Gasteiger partial charge < -0.3 is 66.6 Å². The molecular formula is C80H102N8O14S. The first-order valence-electron chi connectivity index (χ1n) is 34.9. The summed E-state index contributed by atoms with van der Waals surface area (Å²) in [6.45, 7) is 20.1. The smallest absolute Gasteiger partial charge is 0.407 e. The van der Waals surface area contributed by atoms with E-state index in [1.807, 2.05) is 147 Å². The molecule has 0 saturated carbocycles. The van der Waals surface area contributed by atoms with Crippen LogP contribution in [-0.4, -0.2) is 145 Å². The molecule has 1 aliphatic rings. The average Bonchev–Trinajstić information content (AvgIpc) is 1.71. The number of fused-ring (bicyclic) bond motifs is 3. The van der Waals surface area contributed by atoms with Gasteiger partial charge in [-0.3, -0.25) is 38.4 Å². The lowest BCUT2D eigenvalue weighted by Crippen LogP contribution is -2.61. The summed E-state index contributed by atoms with van der Waals surface area (Å²) in [6, 6.07) is 41.7. The molecule has 0 fully saturated rings. The second-order valence-electron chi connectivity index (χ2n) is 29.1. The summed E-state index contributed by atoms with van der Waals surface area (Å²) in [4.78, 5) is 131. The predicted molar refractivity (Wildman–Crippen MR) is 397 cm³/mol. The number of benzene rings is 6. The SMILES string of the molecule is COc1ccc(C(SC[C@H](NC(=O)OCC2c3ccccc3-c3ccccc32)C(=O)N[C@@H](CC(=O)OC(C)(C)C)C(=O)N[C@@H](Cc2ccccc2)C(=O)N[C@@H](COC(C)(C)C)C(=O)N[C@@H](CCC(=O)OC(C)(C)C)C(=O)N[C@@H](CC(C)C)C(=O)N[C@@H](C)CN)(c2ccccc2)c2ccccc2)cc1. The lowest BCUT2D eigenvalue weighted by Gasteiger charge is -2.36. The molecule has 23 heteroatoms. The minimum atomic E-state index is -1.80. The molecule has 0 spiro atoms. The molecule has 0 bridgehead atoms. The Morgan fingerprint density at radius 3 is 1.46 bits per heavy atom. The fraction of sp³-hybridized carbons (Fsp3) is 0.438. The Morgan fingerprint density at radius 1 is 0.476 bits per heavy atom. The third-order valence-electron chi connectivity index (χ3n) is 16.7. The van der Waals surface area contributed by atoms with E-state index in [0.717, 1.165) is 38.9 Å². The highest BCUT2D eigenvalue weighted by Gasteiger charge is 2.42. The molecular weight excluding hydrogens is 1330 g/mol. The van der Waals surface area contributed by atoms with Crippen LogP contribution in [0.3, 0.4) is 0 Å². The molecule has 6 aromatic rings. The van der Waals surface area contributed by atoms with Gasteiger partial charge in [-0.05, 0) is 145 Å². The number of methoxy groups -OCH3 is 1. The van der Waals surface area contributed by atoms with E-state index in [1.54, 1.807) is 107 Å². The van der Waals surface area contributed by atoms with Crippen molar-refractivity contribution in [3.05, 3.63) is 197 Å². The van der Waals surface area contributed by atoms with Crippen LogP contribution in [0.1, 0.15) is 148 Å². The number of esters is 2. The molecule has 0 unspecified atom stereocenters. The highest BCUT2D eigenvalue weighted by molar-refractivity contribution is 8.00. The maximum Gasteiger partial charge on any atom is 0.407 e. The van der Waals surface area contributed by atoms with Crippen LogP contribution < -0.4 is 47.7 Å². The minimum Gasteiger partial charge on any atom is -0.497 e. The van der Waals surface area contributed by atoms with Gasteiger partial charge in [-0.25, -0.2) is 4.79 Å². The Kier molecular flexibility index (Phi) is 29.0. The summed E-state index contributed by atoms with van der Waals surface area (Å²) >= 11 is 1.33. The first-order chi connectivity index (χ1) is 48.8. The molecule has 9 N–H and O–H groups in total. The van der Waals surface area contributed by atoms with E-state index in [-0.39, 0.29) is 56.4 Å². The zero-order valence-electron chi connectivity index (χ0n) is 61.3. The van der Waals surface area contributed by atoms with Crippen molar-refractivity contribution >= 4 is 65.2 Å². The number of amides is 7. The van der Waals surface area contributed by atoms with Crippen LogP contribution in [-0.2, 0) is 68.5 Å². The van der Waals surface area contributed by atoms with Gasteiger partial charge in [0, 0.05) is 37.1 Å². The van der Waals surface area contributed by atoms with Gasteiger partial charge in [0.05, 0.1) is 30.5 Å². The summed E-state index contributed by atoms with van der Waals surface area (Å²) in [5, 5.41) is 19.4. The predicted octanol–water partition coefficient (Wildman–Crippen LogP) is 9.47. The summed E-state index contributed by atoms with van der Waals surface area (Å²) in [5.74, 6) is -6.74. The van der Waals surface area contributed by atoms with E-state index in [9.17, 15) is 28.8 Å². The number of hydrogen-bond donors (Lipinski definition) is 8. The van der Waals surface area contributed by atoms with E-state index < -0.39 is 130 Å². The highest BCUT2D eigenvalue weighted by atomic mass is 32.2. The topological polar surface area (TPSA) is 310 Å². The standard InChI is InChI=1S/C80H102N8O14S/c1-50(2)43-63(71(92)82-51(3)46-81)84-70(91)62(41-42-68(89)101-78(7,8)9)83-74(95)66(48-100-77(4,5)6)87-72(93)64(44-52-27-17-14-18-28-52)85-73(94)65(45-69(90)102-79(10,11)12)86-75(96)67(88-76(97)99-47-61-59-35-25-23-33-57(59)58-34-24-26-36-60(58)61)49-103-80(53-29-19-15-20-30-53,54-31-21-16-22-32-54)55-37-39-56(98-13)40-38-55/h14-40,50-51,61-67H,41-49,81H2,1-13H3,(H,82,92)(H,83,95)(H,84,91)(H,85,94)(H,86,96)(H,87,93)(H,88,97)/t51-,62-,63-,64-,65-,66-,67-/m0/s1. The highest BCUT2D eigenvalue weighted by Crippen LogP contribution is 2.49. The van der Waals surface area contributed by atoms with E-state index in [4.69, 9.17) is 29.4 Å². The van der Waals surface area contributed by atoms with Crippen LogP contribution in [0.25, 0.3) is 11.1 Å². The quantitative estimate of drug-likeness (QED) is 0.0106. The van der Waals surface area contributed by atoms with Gasteiger partial charge in [-0.1, -0.05) is 166 Å². The van der Waals surface area contributed by atoms with Crippen molar-refractivity contribution in [3.8, 4) is 16.9 Å². The fourth-order valence-corrected chi connectivity index (χ4v) is 13.4. The molecule has 7 amide bonds. The zero-order valence-corrected chi connectivity index (χ0v) is 62.2. The molecule has 0 aromatic heterocycles. The van der Waals surface area contributed by atoms with Crippen LogP contribution >= 0.6 is 11.8 Å². The maximum atomic E-state index is 15.7. The largest absolute Gasteiger partial charge is 0.497 e. The summed E-state index contributed by atoms with van der Waals surface area (Å²) < 4.78 is 28.1. The maximum absolute atomic E-state index is 15.7. The minimum absolute atomic E-state index is 0.0844. The van der Waals surface area contributed by atoms with Crippen molar-refractivity contribution in [3.63, 3.8) is 0 Å². The first kappa shape index (κ1) is 80.7. The monoisotopic (exact) mass is 1430 g/mol. The molecule has 0 radical (unpaired) electrons. The molecule has 22 nitrogen and oxygen atoms in total. The number of carbonyl (C=O) groups excluding carboxylic acids is 9. The van der Waals surface area contributed by atoms with Crippen molar-refractivity contribution in [1.82, 2.24) is 37.2 Å². The van der Waals surface area contributed by atoms with Gasteiger partial charge >= 0.3 is 18.0 Å². The van der Waals surface area contributed by atoms with Crippen LogP contribution in [0, 0.1) is 5.92 Å². The molecule has 0 heterocycles. The van der Waals surface area contributed by atoms with Crippen molar-refractivity contribution in [2.75, 3.05) is 32.6 Å². The number of hydrogen-bond acceptors (Lipinski definition) is 16. The summed E-state index contributed by atoms with van der Waals surface area (Å²) in [6.07, 6.45) is -2.39. The van der Waals surface area contributed by atoms with Gasteiger partial charge in [0.15, 0.2) is 0 Å². The van der Waals surface area contributed by atoms with Crippen molar-refractivity contribution in [2.24, 2.45) is 11.7 Å². The number of thioether (sulfide) groups is 1. The van der Waals surface area contributed by atoms with Crippen LogP contribution in [0.4, 0.5) is 4.79 Å². The Hall–Kier alpha value is -9.58. The summed E-state index contributed by atoms with van der Waals surface area (Å²) in [7, 11) is 1.57. The number of nitrogens with one attached hydrogen (secondary N) is 7. The van der Waals surface area contributed by atoms with Crippen molar-refractivity contribution in [1.29, 1.82) is 0 Å². The second-order valence-corrected chi connectivity index (χ2v) is 30.3. The Labute approximate surface area is 609 Å². The molecule has 6 aromatic carbocycles. The molecule has 0 saturated heterocycles. The second kappa shape index (κ2) is 37.0. The van der Waals surface area contributed by atoms with Crippen LogP contribution in [0.2, 0.25) is 0 Å². The molecule has 7 rings (SSSR count). The zero-order chi connectivity index (χ0) is 75.2. The van der Waals surface area contributed by atoms with Gasteiger partial charge in [-0.15, -0.1) is 11.8 Å². The lowest BCUT2D eigenvalue weighted by atomic mass is 9.84. The van der Waals surface area contributed by atoms with Gasteiger partial charge in [0.2, 0.25) is 35.4 Å². The first-order valence-corrected chi connectivity index (χ1v) is 35.9. The molecule has 1 aliphatic carbocycles. The molecule has 0 aliphatic heterocycles. The Balaban J connectivity index is 1.25. The lowest BCUT2D eigenvalue weighted by molar-refractivity contribution is -0.157. The third kappa shape index (κ3) is 24.3. The van der Waals surface area contributed by atoms with Gasteiger partial charge in [-0.2, -0.15) is 0 Å².